The van der Waals surface area contributed by atoms with E-state index in [1.165, 1.54) is 25.1 Å². The Kier molecular flexibility index (Phi) is 3.46. The van der Waals surface area contributed by atoms with Crippen LogP contribution in [-0.2, 0) is 0 Å². The van der Waals surface area contributed by atoms with Crippen LogP contribution in [0.5, 0.6) is 5.75 Å². The van der Waals surface area contributed by atoms with E-state index >= 15 is 0 Å². The Hall–Kier alpha value is -2.44. The fourth-order valence-electron chi connectivity index (χ4n) is 1.66. The summed E-state index contributed by atoms with van der Waals surface area (Å²) in [6.07, 6.45) is 0. The number of aromatic nitrogens is 1. The fraction of sp³-hybridized carbons (Fsp3) is 0.167. The van der Waals surface area contributed by atoms with E-state index in [2.05, 4.69) is 9.89 Å². The predicted octanol–water partition coefficient (Wildman–Crippen LogP) is 2.95. The Morgan fingerprint density at radius 1 is 1.42 bits per heavy atom. The molecule has 0 spiro atoms. The highest BCUT2D eigenvalue weighted by Gasteiger charge is 2.24. The van der Waals surface area contributed by atoms with Gasteiger partial charge in [-0.2, -0.15) is 8.78 Å². The smallest absolute Gasteiger partial charge is 0.387 e. The summed E-state index contributed by atoms with van der Waals surface area (Å²) in [4.78, 5) is 11.1. The molecular formula is C12H9F2NO4. The van der Waals surface area contributed by atoms with Crippen molar-refractivity contribution in [3.63, 3.8) is 0 Å². The van der Waals surface area contributed by atoms with Gasteiger partial charge in [-0.25, -0.2) is 4.79 Å². The molecule has 1 heterocycles. The van der Waals surface area contributed by atoms with E-state index in [0.717, 1.165) is 0 Å². The lowest BCUT2D eigenvalue weighted by atomic mass is 10.1. The monoisotopic (exact) mass is 269 g/mol. The molecule has 2 rings (SSSR count). The molecule has 0 bridgehead atoms. The summed E-state index contributed by atoms with van der Waals surface area (Å²) in [5.41, 5.74) is 0.0977. The number of halogens is 2. The Balaban J connectivity index is 2.56. The van der Waals surface area contributed by atoms with Crippen molar-refractivity contribution in [3.8, 4) is 17.1 Å². The molecular weight excluding hydrogens is 260 g/mol. The second-order valence-corrected chi connectivity index (χ2v) is 3.65. The van der Waals surface area contributed by atoms with Gasteiger partial charge in [-0.1, -0.05) is 17.3 Å². The number of carboxylic acid groups (broad SMARTS) is 1. The highest BCUT2D eigenvalue weighted by atomic mass is 19.3. The molecule has 7 heteroatoms. The summed E-state index contributed by atoms with van der Waals surface area (Å²) in [6.45, 7) is -1.56. The predicted molar refractivity (Wildman–Crippen MR) is 60.3 cm³/mol. The fourth-order valence-corrected chi connectivity index (χ4v) is 1.66. The summed E-state index contributed by atoms with van der Waals surface area (Å²) in [5, 5.41) is 12.6. The van der Waals surface area contributed by atoms with Crippen LogP contribution in [-0.4, -0.2) is 22.8 Å². The van der Waals surface area contributed by atoms with Crippen LogP contribution in [0.4, 0.5) is 8.78 Å². The van der Waals surface area contributed by atoms with E-state index in [-0.39, 0.29) is 28.3 Å². The molecule has 2 aromatic rings. The summed E-state index contributed by atoms with van der Waals surface area (Å²) < 4.78 is 33.8. The number of aryl methyl sites for hydroxylation is 1. The number of nitrogens with zero attached hydrogens (tertiary/aromatic N) is 1. The Bertz CT molecular complexity index is 610. The maximum Gasteiger partial charge on any atom is 0.387 e. The van der Waals surface area contributed by atoms with Gasteiger partial charge in [-0.05, 0) is 19.1 Å². The molecule has 5 nitrogen and oxygen atoms in total. The second kappa shape index (κ2) is 5.05. The van der Waals surface area contributed by atoms with Gasteiger partial charge < -0.3 is 14.4 Å². The molecule has 0 amide bonds. The van der Waals surface area contributed by atoms with Gasteiger partial charge in [0.1, 0.15) is 11.3 Å². The lowest BCUT2D eigenvalue weighted by Gasteiger charge is -2.08. The zero-order valence-corrected chi connectivity index (χ0v) is 9.76. The van der Waals surface area contributed by atoms with Gasteiger partial charge in [-0.3, -0.25) is 0 Å². The van der Waals surface area contributed by atoms with Crippen LogP contribution in [0.1, 0.15) is 16.1 Å². The average Bonchev–Trinajstić information content (AvgIpc) is 2.71. The number of carboxylic acids is 1. The van der Waals surface area contributed by atoms with Crippen molar-refractivity contribution in [2.45, 2.75) is 13.5 Å². The third-order valence-corrected chi connectivity index (χ3v) is 2.42. The van der Waals surface area contributed by atoms with Crippen LogP contribution in [0.2, 0.25) is 0 Å². The number of para-hydroxylation sites is 1. The second-order valence-electron chi connectivity index (χ2n) is 3.65. The van der Waals surface area contributed by atoms with Gasteiger partial charge in [-0.15, -0.1) is 0 Å². The first kappa shape index (κ1) is 13.0. The zero-order chi connectivity index (χ0) is 14.0. The molecule has 1 N–H and O–H groups in total. The molecule has 1 aromatic heterocycles. The van der Waals surface area contributed by atoms with Crippen LogP contribution >= 0.6 is 0 Å². The van der Waals surface area contributed by atoms with E-state index in [9.17, 15) is 13.6 Å². The maximum absolute atomic E-state index is 12.3. The van der Waals surface area contributed by atoms with Gasteiger partial charge in [0, 0.05) is 0 Å². The molecule has 0 saturated carbocycles. The van der Waals surface area contributed by atoms with Crippen LogP contribution in [0, 0.1) is 6.92 Å². The summed E-state index contributed by atoms with van der Waals surface area (Å²) in [7, 11) is 0. The van der Waals surface area contributed by atoms with Gasteiger partial charge in [0.25, 0.3) is 0 Å². The summed E-state index contributed by atoms with van der Waals surface area (Å²) in [5.74, 6) is -1.53. The van der Waals surface area contributed by atoms with Crippen molar-refractivity contribution in [1.82, 2.24) is 5.16 Å². The van der Waals surface area contributed by atoms with Crippen LogP contribution in [0.25, 0.3) is 11.3 Å². The Labute approximate surface area is 106 Å². The molecule has 1 aromatic carbocycles. The minimum absolute atomic E-state index is 0.110. The van der Waals surface area contributed by atoms with Crippen molar-refractivity contribution in [3.05, 3.63) is 35.5 Å². The number of carbonyl (C=O) groups is 1. The van der Waals surface area contributed by atoms with E-state index in [1.807, 2.05) is 0 Å². The Morgan fingerprint density at radius 3 is 2.74 bits per heavy atom. The molecule has 0 radical (unpaired) electrons. The lowest BCUT2D eigenvalue weighted by molar-refractivity contribution is -0.0495. The number of benzene rings is 1. The van der Waals surface area contributed by atoms with Gasteiger partial charge in [0.15, 0.2) is 5.76 Å². The van der Waals surface area contributed by atoms with Crippen LogP contribution in [0.3, 0.4) is 0 Å². The van der Waals surface area contributed by atoms with E-state index in [1.54, 1.807) is 6.07 Å². The molecule has 0 aliphatic heterocycles. The first-order valence-electron chi connectivity index (χ1n) is 5.24. The molecule has 19 heavy (non-hydrogen) atoms. The van der Waals surface area contributed by atoms with E-state index in [0.29, 0.717) is 0 Å². The SMILES string of the molecule is Cc1noc(-c2ccccc2OC(F)F)c1C(=O)O. The van der Waals surface area contributed by atoms with Crippen LogP contribution in [0.15, 0.2) is 28.8 Å². The average molecular weight is 269 g/mol. The van der Waals surface area contributed by atoms with E-state index < -0.39 is 12.6 Å². The number of rotatable bonds is 4. The van der Waals surface area contributed by atoms with Crippen molar-refractivity contribution < 1.29 is 27.9 Å². The first-order chi connectivity index (χ1) is 9.00. The third kappa shape index (κ3) is 2.54. The number of hydrogen-bond acceptors (Lipinski definition) is 4. The van der Waals surface area contributed by atoms with Gasteiger partial charge in [0.05, 0.1) is 11.3 Å². The minimum Gasteiger partial charge on any atom is -0.477 e. The maximum atomic E-state index is 12.3. The number of aromatic carboxylic acids is 1. The minimum atomic E-state index is -3.02. The number of ether oxygens (including phenoxy) is 1. The largest absolute Gasteiger partial charge is 0.477 e. The summed E-state index contributed by atoms with van der Waals surface area (Å²) >= 11 is 0. The van der Waals surface area contributed by atoms with Crippen molar-refractivity contribution in [1.29, 1.82) is 0 Å². The normalized spacial score (nSPS) is 10.7. The molecule has 0 atom stereocenters. The Morgan fingerprint density at radius 2 is 2.11 bits per heavy atom. The summed E-state index contributed by atoms with van der Waals surface area (Å²) in [6, 6.07) is 5.76. The van der Waals surface area contributed by atoms with Crippen molar-refractivity contribution >= 4 is 5.97 Å². The zero-order valence-electron chi connectivity index (χ0n) is 9.76. The van der Waals surface area contributed by atoms with Crippen LogP contribution < -0.4 is 4.74 Å². The highest BCUT2D eigenvalue weighted by Crippen LogP contribution is 2.34. The van der Waals surface area contributed by atoms with Gasteiger partial charge in [0.2, 0.25) is 0 Å². The van der Waals surface area contributed by atoms with E-state index in [4.69, 9.17) is 9.63 Å². The van der Waals surface area contributed by atoms with Crippen molar-refractivity contribution in [2.24, 2.45) is 0 Å². The molecule has 100 valence electrons. The molecule has 0 unspecified atom stereocenters. The molecule has 0 aliphatic rings. The number of alkyl halides is 2. The standard InChI is InChI=1S/C12H9F2NO4/c1-6-9(11(16)17)10(19-15-6)7-4-2-3-5-8(7)18-12(13)14/h2-5,12H,1H3,(H,16,17). The first-order valence-corrected chi connectivity index (χ1v) is 5.24. The third-order valence-electron chi connectivity index (χ3n) is 2.42. The lowest BCUT2D eigenvalue weighted by Crippen LogP contribution is -2.04. The quantitative estimate of drug-likeness (QED) is 0.923. The van der Waals surface area contributed by atoms with Gasteiger partial charge >= 0.3 is 12.6 Å². The molecule has 0 saturated heterocycles. The highest BCUT2D eigenvalue weighted by molar-refractivity contribution is 5.96. The van der Waals surface area contributed by atoms with Crippen molar-refractivity contribution in [2.75, 3.05) is 0 Å². The molecule has 0 fully saturated rings. The molecule has 0 aliphatic carbocycles. The number of hydrogen-bond donors (Lipinski definition) is 1. The topological polar surface area (TPSA) is 72.6 Å².